The van der Waals surface area contributed by atoms with Crippen molar-refractivity contribution in [3.63, 3.8) is 0 Å². The lowest BCUT2D eigenvalue weighted by atomic mass is 9.87. The second-order valence-electron chi connectivity index (χ2n) is 5.57. The van der Waals surface area contributed by atoms with Crippen LogP contribution in [-0.4, -0.2) is 19.2 Å². The molecule has 0 aliphatic heterocycles. The minimum Gasteiger partial charge on any atom is -0.360 e. The predicted octanol–water partition coefficient (Wildman–Crippen LogP) is 3.00. The van der Waals surface area contributed by atoms with Gasteiger partial charge in [0.1, 0.15) is 0 Å². The lowest BCUT2D eigenvalue weighted by Crippen LogP contribution is -2.45. The first-order valence-electron chi connectivity index (χ1n) is 6.91. The highest BCUT2D eigenvalue weighted by atomic mass is 16.1. The van der Waals surface area contributed by atoms with Crippen LogP contribution in [0.2, 0.25) is 0 Å². The zero-order valence-electron chi connectivity index (χ0n) is 11.0. The Labute approximate surface area is 101 Å². The van der Waals surface area contributed by atoms with Gasteiger partial charge in [-0.3, -0.25) is 4.79 Å². The average Bonchev–Trinajstić information content (AvgIpc) is 2.23. The van der Waals surface area contributed by atoms with Crippen LogP contribution in [0.1, 0.15) is 71.1 Å². The Morgan fingerprint density at radius 1 is 0.938 bits per heavy atom. The van der Waals surface area contributed by atoms with Crippen molar-refractivity contribution in [3.8, 4) is 0 Å². The van der Waals surface area contributed by atoms with Crippen LogP contribution in [0.15, 0.2) is 0 Å². The molecule has 0 saturated heterocycles. The predicted molar refractivity (Wildman–Crippen MR) is 71.7 cm³/mol. The van der Waals surface area contributed by atoms with Crippen molar-refractivity contribution in [2.75, 3.05) is 0 Å². The normalized spacial score (nSPS) is 23.1. The summed E-state index contributed by atoms with van der Waals surface area (Å²) in [7, 11) is 1.64. The third-order valence-corrected chi connectivity index (χ3v) is 3.68. The topological polar surface area (TPSA) is 29.1 Å². The number of hydrogen-bond acceptors (Lipinski definition) is 1. The van der Waals surface area contributed by atoms with Crippen LogP contribution in [0.3, 0.4) is 0 Å². The van der Waals surface area contributed by atoms with Gasteiger partial charge >= 0.3 is 0 Å². The van der Waals surface area contributed by atoms with E-state index in [1.54, 1.807) is 7.85 Å². The summed E-state index contributed by atoms with van der Waals surface area (Å²) in [6.07, 6.45) is 13.0. The van der Waals surface area contributed by atoms with Crippen LogP contribution in [0.4, 0.5) is 4.79 Å². The molecule has 2 nitrogen and oxygen atoms in total. The van der Waals surface area contributed by atoms with Gasteiger partial charge in [-0.1, -0.05) is 51.4 Å². The summed E-state index contributed by atoms with van der Waals surface area (Å²) >= 11 is 0. The summed E-state index contributed by atoms with van der Waals surface area (Å²) < 4.78 is 0. The molecule has 1 saturated carbocycles. The number of carbonyl (C=O) groups excluding carboxylic acids is 1. The fourth-order valence-electron chi connectivity index (χ4n) is 2.77. The van der Waals surface area contributed by atoms with E-state index in [2.05, 4.69) is 12.2 Å². The Balaban J connectivity index is 2.46. The van der Waals surface area contributed by atoms with Gasteiger partial charge in [0.2, 0.25) is 7.85 Å². The first-order chi connectivity index (χ1) is 7.62. The van der Waals surface area contributed by atoms with Crippen molar-refractivity contribution >= 4 is 13.7 Å². The lowest BCUT2D eigenvalue weighted by molar-refractivity contribution is 0.238. The molecule has 0 bridgehead atoms. The van der Waals surface area contributed by atoms with Gasteiger partial charge in [0, 0.05) is 5.54 Å². The van der Waals surface area contributed by atoms with Gasteiger partial charge in [0.25, 0.3) is 0 Å². The Bertz CT molecular complexity index is 206. The largest absolute Gasteiger partial charge is 0.360 e. The first kappa shape index (κ1) is 13.6. The van der Waals surface area contributed by atoms with Crippen molar-refractivity contribution in [3.05, 3.63) is 0 Å². The molecule has 1 rings (SSSR count). The van der Waals surface area contributed by atoms with E-state index in [0.717, 1.165) is 12.8 Å². The van der Waals surface area contributed by atoms with E-state index in [1.165, 1.54) is 51.4 Å². The van der Waals surface area contributed by atoms with Gasteiger partial charge in [-0.25, -0.2) is 0 Å². The third kappa shape index (κ3) is 5.57. The monoisotopic (exact) mass is 223 g/mol. The van der Waals surface area contributed by atoms with Crippen molar-refractivity contribution in [2.24, 2.45) is 0 Å². The van der Waals surface area contributed by atoms with E-state index >= 15 is 0 Å². The van der Waals surface area contributed by atoms with Crippen LogP contribution < -0.4 is 5.32 Å². The average molecular weight is 223 g/mol. The van der Waals surface area contributed by atoms with Crippen molar-refractivity contribution in [1.82, 2.24) is 5.32 Å². The minimum absolute atomic E-state index is 0.0518. The summed E-state index contributed by atoms with van der Waals surface area (Å²) in [5, 5.41) is 3.16. The summed E-state index contributed by atoms with van der Waals surface area (Å²) in [4.78, 5) is 11.2. The molecule has 0 heterocycles. The Morgan fingerprint density at radius 3 is 1.69 bits per heavy atom. The summed E-state index contributed by atoms with van der Waals surface area (Å²) in [6.45, 7) is 2.21. The van der Waals surface area contributed by atoms with Crippen molar-refractivity contribution in [1.29, 1.82) is 0 Å². The quantitative estimate of drug-likeness (QED) is 0.680. The number of rotatable bonds is 1. The molecule has 1 amide bonds. The molecular weight excluding hydrogens is 197 g/mol. The standard InChI is InChI=1S/C13H26BNO/c1-13(15-12(14)16)10-8-6-4-2-3-5-7-9-11-13/h2-11,14H2,1H3,(H,15,16). The highest BCUT2D eigenvalue weighted by molar-refractivity contribution is 6.57. The number of hydrogen-bond donors (Lipinski definition) is 1. The van der Waals surface area contributed by atoms with Crippen LogP contribution in [0.25, 0.3) is 0 Å². The maximum Gasteiger partial charge on any atom is 0.215 e. The molecule has 0 radical (unpaired) electrons. The molecule has 0 aromatic carbocycles. The molecule has 3 heteroatoms. The zero-order chi connectivity index (χ0) is 11.9. The molecule has 0 spiro atoms. The molecule has 0 atom stereocenters. The molecule has 1 aliphatic rings. The van der Waals surface area contributed by atoms with Gasteiger partial charge in [-0.05, 0) is 19.8 Å². The molecule has 92 valence electrons. The Morgan fingerprint density at radius 2 is 1.31 bits per heavy atom. The molecule has 1 N–H and O–H groups in total. The highest BCUT2D eigenvalue weighted by Gasteiger charge is 2.23. The van der Waals surface area contributed by atoms with E-state index in [9.17, 15) is 4.79 Å². The second-order valence-corrected chi connectivity index (χ2v) is 5.57. The van der Waals surface area contributed by atoms with E-state index in [4.69, 9.17) is 0 Å². The van der Waals surface area contributed by atoms with E-state index in [-0.39, 0.29) is 11.3 Å². The SMILES string of the molecule is BC(=O)NC1(C)CCCCCCCCCC1. The molecule has 1 fully saturated rings. The molecule has 0 unspecified atom stereocenters. The van der Waals surface area contributed by atoms with Crippen LogP contribution in [-0.2, 0) is 0 Å². The fourth-order valence-corrected chi connectivity index (χ4v) is 2.77. The summed E-state index contributed by atoms with van der Waals surface area (Å²) in [6, 6.07) is 0. The van der Waals surface area contributed by atoms with Crippen LogP contribution in [0.5, 0.6) is 0 Å². The van der Waals surface area contributed by atoms with Crippen molar-refractivity contribution in [2.45, 2.75) is 76.7 Å². The maximum atomic E-state index is 11.2. The molecular formula is C13H26BNO. The first-order valence-corrected chi connectivity index (χ1v) is 6.91. The van der Waals surface area contributed by atoms with Crippen LogP contribution >= 0.6 is 0 Å². The zero-order valence-corrected chi connectivity index (χ0v) is 11.0. The molecule has 16 heavy (non-hydrogen) atoms. The van der Waals surface area contributed by atoms with Gasteiger partial charge in [0.15, 0.2) is 5.81 Å². The number of amides is 1. The smallest absolute Gasteiger partial charge is 0.215 e. The third-order valence-electron chi connectivity index (χ3n) is 3.68. The van der Waals surface area contributed by atoms with Crippen LogP contribution in [0, 0.1) is 0 Å². The van der Waals surface area contributed by atoms with E-state index in [0.29, 0.717) is 0 Å². The van der Waals surface area contributed by atoms with Gasteiger partial charge in [0.05, 0.1) is 0 Å². The second kappa shape index (κ2) is 6.98. The summed E-state index contributed by atoms with van der Waals surface area (Å²) in [5.74, 6) is 0.123. The number of carbonyl (C=O) groups is 1. The minimum atomic E-state index is 0.0518. The fraction of sp³-hybridized carbons (Fsp3) is 0.923. The lowest BCUT2D eigenvalue weighted by Gasteiger charge is -2.31. The van der Waals surface area contributed by atoms with Gasteiger partial charge in [-0.2, -0.15) is 0 Å². The molecule has 0 aromatic heterocycles. The van der Waals surface area contributed by atoms with Gasteiger partial charge < -0.3 is 5.32 Å². The summed E-state index contributed by atoms with van der Waals surface area (Å²) in [5.41, 5.74) is 0.0518. The van der Waals surface area contributed by atoms with E-state index < -0.39 is 0 Å². The highest BCUT2D eigenvalue weighted by Crippen LogP contribution is 2.24. The van der Waals surface area contributed by atoms with E-state index in [1.807, 2.05) is 0 Å². The molecule has 1 aliphatic carbocycles. The maximum absolute atomic E-state index is 11.2. The van der Waals surface area contributed by atoms with Gasteiger partial charge in [-0.15, -0.1) is 0 Å². The van der Waals surface area contributed by atoms with Crippen molar-refractivity contribution < 1.29 is 4.79 Å². The molecule has 0 aromatic rings. The Kier molecular flexibility index (Phi) is 5.93. The Hall–Kier alpha value is -0.465. The number of nitrogens with one attached hydrogen (secondary N) is 1.